The minimum Gasteiger partial charge on any atom is -0.394 e. The molecule has 0 radical (unpaired) electrons. The molecule has 0 amide bonds. The van der Waals surface area contributed by atoms with Crippen molar-refractivity contribution in [3.63, 3.8) is 0 Å². The average molecular weight is 308 g/mol. The first kappa shape index (κ1) is 16.9. The van der Waals surface area contributed by atoms with Crippen LogP contribution in [0.2, 0.25) is 0 Å². The van der Waals surface area contributed by atoms with Gasteiger partial charge in [0.05, 0.1) is 6.61 Å². The van der Waals surface area contributed by atoms with E-state index in [1.165, 1.54) is 24.0 Å². The van der Waals surface area contributed by atoms with Gasteiger partial charge in [0, 0.05) is 22.6 Å². The van der Waals surface area contributed by atoms with Crippen LogP contribution in [0.3, 0.4) is 0 Å². The number of rotatable bonds is 6. The predicted molar refractivity (Wildman–Crippen MR) is 92.8 cm³/mol. The summed E-state index contributed by atoms with van der Waals surface area (Å²) in [6, 6.07) is 9.22. The summed E-state index contributed by atoms with van der Waals surface area (Å²) in [6.07, 6.45) is 4.67. The lowest BCUT2D eigenvalue weighted by atomic mass is 9.81. The molecule has 0 saturated heterocycles. The molecule has 2 N–H and O–H groups in total. The Morgan fingerprint density at radius 3 is 2.90 bits per heavy atom. The van der Waals surface area contributed by atoms with E-state index in [9.17, 15) is 5.11 Å². The molecule has 1 aliphatic carbocycles. The van der Waals surface area contributed by atoms with Crippen molar-refractivity contribution in [2.45, 2.75) is 69.0 Å². The normalized spacial score (nSPS) is 26.2. The van der Waals surface area contributed by atoms with Crippen LogP contribution in [0, 0.1) is 6.92 Å². The van der Waals surface area contributed by atoms with Crippen molar-refractivity contribution in [2.24, 2.45) is 0 Å². The number of benzene rings is 1. The number of nitrogens with one attached hydrogen (secondary N) is 1. The van der Waals surface area contributed by atoms with Crippen molar-refractivity contribution < 1.29 is 5.11 Å². The Bertz CT molecular complexity index is 449. The van der Waals surface area contributed by atoms with Gasteiger partial charge in [0.2, 0.25) is 0 Å². The van der Waals surface area contributed by atoms with Gasteiger partial charge in [-0.2, -0.15) is 11.8 Å². The Balaban J connectivity index is 1.91. The second kappa shape index (κ2) is 7.66. The Kier molecular flexibility index (Phi) is 6.15. The Morgan fingerprint density at radius 2 is 2.24 bits per heavy atom. The van der Waals surface area contributed by atoms with Crippen molar-refractivity contribution in [3.05, 3.63) is 35.4 Å². The predicted octanol–water partition coefficient (Wildman–Crippen LogP) is 3.90. The molecule has 0 spiro atoms. The summed E-state index contributed by atoms with van der Waals surface area (Å²) >= 11 is 2.05. The molecular formula is C18H29NOS. The van der Waals surface area contributed by atoms with Crippen molar-refractivity contribution >= 4 is 11.8 Å². The van der Waals surface area contributed by atoms with Gasteiger partial charge in [-0.3, -0.25) is 0 Å². The number of aryl methyl sites for hydroxylation is 1. The fraction of sp³-hybridized carbons (Fsp3) is 0.667. The molecule has 118 valence electrons. The zero-order chi connectivity index (χ0) is 15.3. The molecular weight excluding hydrogens is 278 g/mol. The largest absolute Gasteiger partial charge is 0.394 e. The lowest BCUT2D eigenvalue weighted by molar-refractivity contribution is 0.115. The molecule has 0 aliphatic heterocycles. The summed E-state index contributed by atoms with van der Waals surface area (Å²) < 4.78 is 0. The Morgan fingerprint density at radius 1 is 1.43 bits per heavy atom. The van der Waals surface area contributed by atoms with Gasteiger partial charge in [0.25, 0.3) is 0 Å². The number of hydrogen-bond donors (Lipinski definition) is 2. The molecule has 2 rings (SSSR count). The van der Waals surface area contributed by atoms with Gasteiger partial charge in [0.15, 0.2) is 0 Å². The van der Waals surface area contributed by atoms with Gasteiger partial charge in [-0.15, -0.1) is 0 Å². The quantitative estimate of drug-likeness (QED) is 0.836. The van der Waals surface area contributed by atoms with E-state index in [0.29, 0.717) is 11.3 Å². The van der Waals surface area contributed by atoms with Crippen LogP contribution in [-0.4, -0.2) is 28.5 Å². The van der Waals surface area contributed by atoms with Crippen molar-refractivity contribution in [3.8, 4) is 0 Å². The molecule has 0 heterocycles. The van der Waals surface area contributed by atoms with Crippen molar-refractivity contribution in [2.75, 3.05) is 6.61 Å². The highest BCUT2D eigenvalue weighted by Gasteiger charge is 2.36. The Labute approximate surface area is 133 Å². The third-order valence-electron chi connectivity index (χ3n) is 4.27. The maximum absolute atomic E-state index is 9.86. The van der Waals surface area contributed by atoms with E-state index in [2.05, 4.69) is 62.1 Å². The first-order valence-corrected chi connectivity index (χ1v) is 9.13. The topological polar surface area (TPSA) is 32.3 Å². The van der Waals surface area contributed by atoms with Crippen LogP contribution >= 0.6 is 11.8 Å². The maximum Gasteiger partial charge on any atom is 0.0613 e. The molecule has 0 aromatic heterocycles. The molecule has 1 aromatic carbocycles. The maximum atomic E-state index is 9.86. The molecule has 2 nitrogen and oxygen atoms in total. The molecule has 1 aliphatic rings. The highest BCUT2D eigenvalue weighted by molar-refractivity contribution is 7.99. The summed E-state index contributed by atoms with van der Waals surface area (Å²) in [5, 5.41) is 14.1. The molecule has 1 saturated carbocycles. The van der Waals surface area contributed by atoms with E-state index in [4.69, 9.17) is 0 Å². The van der Waals surface area contributed by atoms with Gasteiger partial charge in [-0.1, -0.05) is 50.1 Å². The van der Waals surface area contributed by atoms with Gasteiger partial charge in [-0.25, -0.2) is 0 Å². The van der Waals surface area contributed by atoms with Crippen LogP contribution in [0.25, 0.3) is 0 Å². The lowest BCUT2D eigenvalue weighted by Crippen LogP contribution is -2.54. The summed E-state index contributed by atoms with van der Waals surface area (Å²) in [6.45, 7) is 6.74. The van der Waals surface area contributed by atoms with Crippen molar-refractivity contribution in [1.82, 2.24) is 5.32 Å². The smallest absolute Gasteiger partial charge is 0.0613 e. The highest BCUT2D eigenvalue weighted by atomic mass is 32.2. The first-order valence-electron chi connectivity index (χ1n) is 8.09. The third kappa shape index (κ3) is 5.01. The molecule has 2 unspecified atom stereocenters. The average Bonchev–Trinajstić information content (AvgIpc) is 2.45. The monoisotopic (exact) mass is 307 g/mol. The fourth-order valence-corrected chi connectivity index (χ4v) is 4.78. The van der Waals surface area contributed by atoms with E-state index >= 15 is 0 Å². The fourth-order valence-electron chi connectivity index (χ4n) is 3.40. The minimum absolute atomic E-state index is 0.0588. The standard InChI is InChI=1S/C18H29NOS/c1-14(2)19-18(13-20)9-5-8-17(11-18)21-12-16-7-4-6-15(3)10-16/h4,6-7,10,14,17,19-20H,5,8-9,11-13H2,1-3H3. The molecule has 2 atom stereocenters. The van der Waals surface area contributed by atoms with Crippen molar-refractivity contribution in [1.29, 1.82) is 0 Å². The molecule has 21 heavy (non-hydrogen) atoms. The first-order chi connectivity index (χ1) is 10.0. The Hall–Kier alpha value is -0.510. The van der Waals surface area contributed by atoms with Crippen LogP contribution in [0.5, 0.6) is 0 Å². The van der Waals surface area contributed by atoms with Crippen LogP contribution in [0.1, 0.15) is 50.7 Å². The van der Waals surface area contributed by atoms with Crippen LogP contribution in [-0.2, 0) is 5.75 Å². The van der Waals surface area contributed by atoms with Gasteiger partial charge < -0.3 is 10.4 Å². The van der Waals surface area contributed by atoms with E-state index < -0.39 is 0 Å². The second-order valence-corrected chi connectivity index (χ2v) is 8.04. The summed E-state index contributed by atoms with van der Waals surface area (Å²) in [7, 11) is 0. The van der Waals surface area contributed by atoms with E-state index in [-0.39, 0.29) is 12.1 Å². The molecule has 3 heteroatoms. The summed E-state index contributed by atoms with van der Waals surface area (Å²) in [5.41, 5.74) is 2.69. The third-order valence-corrected chi connectivity index (χ3v) is 5.64. The van der Waals surface area contributed by atoms with E-state index in [1.807, 2.05) is 0 Å². The molecule has 1 aromatic rings. The summed E-state index contributed by atoms with van der Waals surface area (Å²) in [4.78, 5) is 0. The van der Waals surface area contributed by atoms with Crippen LogP contribution < -0.4 is 5.32 Å². The highest BCUT2D eigenvalue weighted by Crippen LogP contribution is 2.36. The molecule has 0 bridgehead atoms. The van der Waals surface area contributed by atoms with E-state index in [0.717, 1.165) is 18.6 Å². The number of thioether (sulfide) groups is 1. The SMILES string of the molecule is Cc1cccc(CSC2CCCC(CO)(NC(C)C)C2)c1. The lowest BCUT2D eigenvalue weighted by Gasteiger charge is -2.41. The number of aliphatic hydroxyl groups excluding tert-OH is 1. The van der Waals surface area contributed by atoms with Gasteiger partial charge >= 0.3 is 0 Å². The number of hydrogen-bond acceptors (Lipinski definition) is 3. The van der Waals surface area contributed by atoms with Crippen LogP contribution in [0.15, 0.2) is 24.3 Å². The number of aliphatic hydroxyl groups is 1. The zero-order valence-corrected chi connectivity index (χ0v) is 14.4. The van der Waals surface area contributed by atoms with Gasteiger partial charge in [0.1, 0.15) is 0 Å². The zero-order valence-electron chi connectivity index (χ0n) is 13.6. The van der Waals surface area contributed by atoms with Gasteiger partial charge in [-0.05, 0) is 31.7 Å². The molecule has 1 fully saturated rings. The summed E-state index contributed by atoms with van der Waals surface area (Å²) in [5.74, 6) is 1.08. The van der Waals surface area contributed by atoms with Crippen LogP contribution in [0.4, 0.5) is 0 Å². The minimum atomic E-state index is -0.0588. The second-order valence-electron chi connectivity index (χ2n) is 6.76. The van der Waals surface area contributed by atoms with E-state index in [1.54, 1.807) is 0 Å².